The molecule has 2 amide bonds. The summed E-state index contributed by atoms with van der Waals surface area (Å²) in [5, 5.41) is 2.87. The number of hydrogen-bond donors (Lipinski definition) is 1. The molecule has 6 heteroatoms. The number of carbonyl (C=O) groups excluding carboxylic acids is 2. The van der Waals surface area contributed by atoms with Crippen LogP contribution in [0.4, 0.5) is 0 Å². The Labute approximate surface area is 168 Å². The van der Waals surface area contributed by atoms with Crippen LogP contribution in [0.5, 0.6) is 0 Å². The molecule has 0 aliphatic carbocycles. The number of carbonyl (C=O) groups is 2. The molecule has 28 heavy (non-hydrogen) atoms. The van der Waals surface area contributed by atoms with Gasteiger partial charge in [0.15, 0.2) is 0 Å². The number of para-hydroxylation sites is 1. The first kappa shape index (κ1) is 18.6. The highest BCUT2D eigenvalue weighted by atomic mass is 32.1. The van der Waals surface area contributed by atoms with Gasteiger partial charge in [0.2, 0.25) is 0 Å². The van der Waals surface area contributed by atoms with Crippen molar-refractivity contribution < 1.29 is 9.59 Å². The van der Waals surface area contributed by atoms with Gasteiger partial charge in [-0.2, -0.15) is 0 Å². The number of aromatic nitrogens is 1. The van der Waals surface area contributed by atoms with E-state index in [-0.39, 0.29) is 11.8 Å². The Hall–Kier alpha value is -2.73. The van der Waals surface area contributed by atoms with Gasteiger partial charge in [0.1, 0.15) is 0 Å². The highest BCUT2D eigenvalue weighted by molar-refractivity contribution is 7.10. The molecule has 1 fully saturated rings. The molecular formula is C22H23N3O2S. The maximum atomic E-state index is 12.9. The van der Waals surface area contributed by atoms with Crippen LogP contribution in [-0.4, -0.2) is 34.8 Å². The second kappa shape index (κ2) is 7.36. The lowest BCUT2D eigenvalue weighted by Crippen LogP contribution is -2.38. The number of nitrogens with zero attached hydrogens (tertiary/aromatic N) is 2. The van der Waals surface area contributed by atoms with Crippen molar-refractivity contribution in [3.05, 3.63) is 63.0 Å². The monoisotopic (exact) mass is 393 g/mol. The largest absolute Gasteiger partial charge is 0.366 e. The van der Waals surface area contributed by atoms with Gasteiger partial charge in [-0.15, -0.1) is 11.3 Å². The molecule has 144 valence electrons. The average molecular weight is 394 g/mol. The minimum Gasteiger partial charge on any atom is -0.366 e. The number of fused-ring (bicyclic) bond motifs is 1. The van der Waals surface area contributed by atoms with Crippen LogP contribution in [0.3, 0.4) is 0 Å². The minimum atomic E-state index is -0.448. The summed E-state index contributed by atoms with van der Waals surface area (Å²) in [7, 11) is 0. The van der Waals surface area contributed by atoms with Crippen LogP contribution < -0.4 is 5.73 Å². The molecule has 3 heterocycles. The van der Waals surface area contributed by atoms with Crippen molar-refractivity contribution in [1.29, 1.82) is 0 Å². The lowest BCUT2D eigenvalue weighted by Gasteiger charge is -2.32. The third-order valence-electron chi connectivity index (χ3n) is 5.70. The number of rotatable bonds is 3. The maximum Gasteiger partial charge on any atom is 0.254 e. The highest BCUT2D eigenvalue weighted by Crippen LogP contribution is 2.32. The van der Waals surface area contributed by atoms with E-state index < -0.39 is 5.91 Å². The van der Waals surface area contributed by atoms with Crippen LogP contribution in [0.1, 0.15) is 55.6 Å². The summed E-state index contributed by atoms with van der Waals surface area (Å²) in [4.78, 5) is 32.8. The minimum absolute atomic E-state index is 0.0990. The molecule has 2 aromatic heterocycles. The van der Waals surface area contributed by atoms with E-state index in [1.54, 1.807) is 11.3 Å². The van der Waals surface area contributed by atoms with Gasteiger partial charge in [-0.1, -0.05) is 18.2 Å². The molecule has 1 saturated heterocycles. The first-order valence-corrected chi connectivity index (χ1v) is 10.4. The highest BCUT2D eigenvalue weighted by Gasteiger charge is 2.29. The van der Waals surface area contributed by atoms with Crippen molar-refractivity contribution in [2.75, 3.05) is 13.1 Å². The topological polar surface area (TPSA) is 76.3 Å². The second-order valence-electron chi connectivity index (χ2n) is 7.38. The number of nitrogens with two attached hydrogens (primary N) is 1. The van der Waals surface area contributed by atoms with Crippen LogP contribution in [0.25, 0.3) is 10.9 Å². The Morgan fingerprint density at radius 2 is 1.86 bits per heavy atom. The van der Waals surface area contributed by atoms with E-state index in [2.05, 4.69) is 0 Å². The fraction of sp³-hybridized carbons (Fsp3) is 0.318. The number of pyridine rings is 1. The molecule has 0 bridgehead atoms. The Morgan fingerprint density at radius 3 is 2.50 bits per heavy atom. The van der Waals surface area contributed by atoms with Gasteiger partial charge in [-0.05, 0) is 44.4 Å². The molecule has 0 atom stereocenters. The Balaban J connectivity index is 1.57. The number of thiophene rings is 1. The zero-order valence-corrected chi connectivity index (χ0v) is 16.9. The zero-order chi connectivity index (χ0) is 19.8. The van der Waals surface area contributed by atoms with Crippen LogP contribution in [-0.2, 0) is 0 Å². The van der Waals surface area contributed by atoms with Gasteiger partial charge in [0.05, 0.1) is 22.3 Å². The molecule has 0 saturated carbocycles. The number of likely N-dealkylation sites (tertiary alicyclic amines) is 1. The number of primary amides is 1. The first-order valence-electron chi connectivity index (χ1n) is 9.49. The van der Waals surface area contributed by atoms with E-state index in [1.807, 2.05) is 54.5 Å². The van der Waals surface area contributed by atoms with Gasteiger partial charge in [-0.25, -0.2) is 0 Å². The molecule has 1 aromatic carbocycles. The van der Waals surface area contributed by atoms with E-state index in [4.69, 9.17) is 10.7 Å². The quantitative estimate of drug-likeness (QED) is 0.730. The van der Waals surface area contributed by atoms with E-state index in [1.165, 1.54) is 4.88 Å². The van der Waals surface area contributed by atoms with E-state index in [0.29, 0.717) is 18.7 Å². The number of aryl methyl sites for hydroxylation is 1. The summed E-state index contributed by atoms with van der Waals surface area (Å²) < 4.78 is 0. The van der Waals surface area contributed by atoms with Crippen molar-refractivity contribution in [1.82, 2.24) is 9.88 Å². The normalized spacial score (nSPS) is 15.1. The van der Waals surface area contributed by atoms with E-state index in [0.717, 1.165) is 40.6 Å². The smallest absolute Gasteiger partial charge is 0.254 e. The van der Waals surface area contributed by atoms with Crippen LogP contribution in [0.15, 0.2) is 35.7 Å². The van der Waals surface area contributed by atoms with Crippen molar-refractivity contribution >= 4 is 34.1 Å². The molecule has 0 spiro atoms. The Bertz CT molecular complexity index is 1060. The molecule has 0 unspecified atom stereocenters. The Morgan fingerprint density at radius 1 is 1.14 bits per heavy atom. The average Bonchev–Trinajstić information content (AvgIpc) is 3.05. The number of amides is 2. The van der Waals surface area contributed by atoms with Gasteiger partial charge in [0, 0.05) is 34.7 Å². The summed E-state index contributed by atoms with van der Waals surface area (Å²) in [6.45, 7) is 5.36. The second-order valence-corrected chi connectivity index (χ2v) is 8.46. The molecule has 2 N–H and O–H groups in total. The lowest BCUT2D eigenvalue weighted by atomic mass is 9.89. The molecule has 0 radical (unpaired) electrons. The third-order valence-corrected chi connectivity index (χ3v) is 6.72. The molecule has 5 nitrogen and oxygen atoms in total. The van der Waals surface area contributed by atoms with E-state index >= 15 is 0 Å². The van der Waals surface area contributed by atoms with Gasteiger partial charge in [-0.3, -0.25) is 14.6 Å². The van der Waals surface area contributed by atoms with Crippen LogP contribution in [0.2, 0.25) is 0 Å². The molecule has 1 aliphatic heterocycles. The third kappa shape index (κ3) is 3.29. The van der Waals surface area contributed by atoms with Crippen molar-refractivity contribution in [2.45, 2.75) is 32.6 Å². The molecular weight excluding hydrogens is 370 g/mol. The standard InChI is InChI=1S/C22H23N3O2S/c1-13-14(2)28-12-18(13)22(27)25-9-7-15(8-10-25)20-17(21(23)26)11-16-5-3-4-6-19(16)24-20/h3-6,11-12,15H,7-10H2,1-2H3,(H2,23,26). The molecule has 4 rings (SSSR count). The van der Waals surface area contributed by atoms with Gasteiger partial charge in [0.25, 0.3) is 11.8 Å². The summed E-state index contributed by atoms with van der Waals surface area (Å²) in [6.07, 6.45) is 1.55. The summed E-state index contributed by atoms with van der Waals surface area (Å²) in [5.74, 6) is -0.223. The molecule has 1 aliphatic rings. The lowest BCUT2D eigenvalue weighted by molar-refractivity contribution is 0.0710. The fourth-order valence-corrected chi connectivity index (χ4v) is 4.75. The van der Waals surface area contributed by atoms with Crippen molar-refractivity contribution in [2.24, 2.45) is 5.73 Å². The summed E-state index contributed by atoms with van der Waals surface area (Å²) >= 11 is 1.62. The summed E-state index contributed by atoms with van der Waals surface area (Å²) in [6, 6.07) is 9.59. The first-order chi connectivity index (χ1) is 13.5. The number of hydrogen-bond acceptors (Lipinski definition) is 4. The Kier molecular flexibility index (Phi) is 4.89. The molecule has 3 aromatic rings. The summed E-state index contributed by atoms with van der Waals surface area (Å²) in [5.41, 5.74) is 9.65. The number of benzene rings is 1. The maximum absolute atomic E-state index is 12.9. The van der Waals surface area contributed by atoms with Gasteiger partial charge >= 0.3 is 0 Å². The van der Waals surface area contributed by atoms with Crippen LogP contribution in [0, 0.1) is 13.8 Å². The fourth-order valence-electron chi connectivity index (χ4n) is 3.89. The SMILES string of the molecule is Cc1scc(C(=O)N2CCC(c3nc4ccccc4cc3C(N)=O)CC2)c1C. The predicted molar refractivity (Wildman–Crippen MR) is 112 cm³/mol. The zero-order valence-electron chi connectivity index (χ0n) is 16.1. The van der Waals surface area contributed by atoms with Crippen molar-refractivity contribution in [3.8, 4) is 0 Å². The van der Waals surface area contributed by atoms with Gasteiger partial charge < -0.3 is 10.6 Å². The van der Waals surface area contributed by atoms with Crippen molar-refractivity contribution in [3.63, 3.8) is 0 Å². The van der Waals surface area contributed by atoms with E-state index in [9.17, 15) is 9.59 Å². The van der Waals surface area contributed by atoms with Crippen LogP contribution >= 0.6 is 11.3 Å². The number of piperidine rings is 1. The predicted octanol–water partition coefficient (Wildman–Crippen LogP) is 4.03.